The molecule has 5 heteroatoms. The molecule has 3 amide bonds. The summed E-state index contributed by atoms with van der Waals surface area (Å²) in [5, 5.41) is 0. The summed E-state index contributed by atoms with van der Waals surface area (Å²) in [4.78, 5) is 22.0. The molecule has 62 valence electrons. The van der Waals surface area contributed by atoms with E-state index in [0.717, 1.165) is 22.8 Å². The van der Waals surface area contributed by atoms with Gasteiger partial charge in [0.2, 0.25) is 6.41 Å². The third kappa shape index (κ3) is 1.86. The van der Waals surface area contributed by atoms with Crippen LogP contribution in [0.4, 0.5) is 4.79 Å². The summed E-state index contributed by atoms with van der Waals surface area (Å²) in [6.07, 6.45) is 1.38. The van der Waals surface area contributed by atoms with Crippen LogP contribution >= 0.6 is 11.8 Å². The predicted molar refractivity (Wildman–Crippen MR) is 43.2 cm³/mol. The maximum atomic E-state index is 10.6. The van der Waals surface area contributed by atoms with Crippen molar-refractivity contribution in [2.75, 3.05) is 11.5 Å². The summed E-state index contributed by atoms with van der Waals surface area (Å²) >= 11 is 1.73. The van der Waals surface area contributed by atoms with E-state index < -0.39 is 6.03 Å². The molecule has 1 aliphatic heterocycles. The summed E-state index contributed by atoms with van der Waals surface area (Å²) in [5.74, 6) is 1.82. The van der Waals surface area contributed by atoms with Crippen LogP contribution in [-0.2, 0) is 4.79 Å². The maximum Gasteiger partial charge on any atom is 0.321 e. The highest BCUT2D eigenvalue weighted by Gasteiger charge is 2.24. The van der Waals surface area contributed by atoms with Crippen molar-refractivity contribution in [2.45, 2.75) is 12.5 Å². The van der Waals surface area contributed by atoms with E-state index in [9.17, 15) is 9.59 Å². The lowest BCUT2D eigenvalue weighted by molar-refractivity contribution is -0.116. The van der Waals surface area contributed by atoms with Crippen LogP contribution in [0.1, 0.15) is 6.42 Å². The molecule has 1 aliphatic rings. The standard InChI is InChI=1S/C6H10N2O2S/c7-6(10)8(4-9)5-1-2-11-3-5/h4-5H,1-3H2,(H2,7,10). The molecule has 0 saturated carbocycles. The number of hydrogen-bond acceptors (Lipinski definition) is 3. The van der Waals surface area contributed by atoms with Gasteiger partial charge >= 0.3 is 6.03 Å². The molecule has 0 aromatic heterocycles. The number of nitrogens with two attached hydrogens (primary N) is 1. The Bertz CT molecular complexity index is 168. The number of thioether (sulfide) groups is 1. The largest absolute Gasteiger partial charge is 0.351 e. The fourth-order valence-corrected chi connectivity index (χ4v) is 2.26. The lowest BCUT2D eigenvalue weighted by Gasteiger charge is -2.18. The Morgan fingerprint density at radius 1 is 1.73 bits per heavy atom. The second kappa shape index (κ2) is 3.61. The molecule has 1 fully saturated rings. The molecule has 1 heterocycles. The topological polar surface area (TPSA) is 63.4 Å². The number of rotatable bonds is 2. The number of carbonyl (C=O) groups excluding carboxylic acids is 2. The molecule has 0 radical (unpaired) electrons. The summed E-state index contributed by atoms with van der Waals surface area (Å²) < 4.78 is 0. The number of carbonyl (C=O) groups is 2. The Morgan fingerprint density at radius 3 is 2.82 bits per heavy atom. The van der Waals surface area contributed by atoms with Crippen LogP contribution < -0.4 is 5.73 Å². The van der Waals surface area contributed by atoms with E-state index in [4.69, 9.17) is 5.73 Å². The quantitative estimate of drug-likeness (QED) is 0.601. The van der Waals surface area contributed by atoms with Gasteiger partial charge in [-0.3, -0.25) is 9.69 Å². The first-order valence-corrected chi connectivity index (χ1v) is 4.52. The summed E-state index contributed by atoms with van der Waals surface area (Å²) in [5.41, 5.74) is 4.97. The fraction of sp³-hybridized carbons (Fsp3) is 0.667. The summed E-state index contributed by atoms with van der Waals surface area (Å²) in [7, 11) is 0. The van der Waals surface area contributed by atoms with Crippen molar-refractivity contribution in [2.24, 2.45) is 5.73 Å². The first kappa shape index (κ1) is 8.39. The number of amides is 3. The normalized spacial score (nSPS) is 23.1. The Labute approximate surface area is 69.1 Å². The van der Waals surface area contributed by atoms with E-state index in [1.54, 1.807) is 11.8 Å². The van der Waals surface area contributed by atoms with Crippen molar-refractivity contribution in [1.29, 1.82) is 0 Å². The third-order valence-corrected chi connectivity index (χ3v) is 2.81. The first-order chi connectivity index (χ1) is 5.25. The highest BCUT2D eigenvalue weighted by Crippen LogP contribution is 2.20. The summed E-state index contributed by atoms with van der Waals surface area (Å²) in [6.45, 7) is 0. The van der Waals surface area contributed by atoms with Crippen LogP contribution in [0.3, 0.4) is 0 Å². The summed E-state index contributed by atoms with van der Waals surface area (Å²) in [6, 6.07) is -0.623. The average Bonchev–Trinajstić information content (AvgIpc) is 2.40. The Morgan fingerprint density at radius 2 is 2.45 bits per heavy atom. The first-order valence-electron chi connectivity index (χ1n) is 3.36. The van der Waals surface area contributed by atoms with Crippen LogP contribution in [-0.4, -0.2) is 34.9 Å². The Kier molecular flexibility index (Phi) is 2.76. The van der Waals surface area contributed by atoms with Gasteiger partial charge in [0.15, 0.2) is 0 Å². The van der Waals surface area contributed by atoms with Gasteiger partial charge in [-0.2, -0.15) is 11.8 Å². The van der Waals surface area contributed by atoms with E-state index in [-0.39, 0.29) is 6.04 Å². The van der Waals surface area contributed by atoms with E-state index in [0.29, 0.717) is 6.41 Å². The molecule has 0 bridgehead atoms. The minimum Gasteiger partial charge on any atom is -0.351 e. The second-order valence-electron chi connectivity index (χ2n) is 2.37. The zero-order chi connectivity index (χ0) is 8.27. The lowest BCUT2D eigenvalue weighted by atomic mass is 10.2. The van der Waals surface area contributed by atoms with Gasteiger partial charge < -0.3 is 5.73 Å². The van der Waals surface area contributed by atoms with Crippen LogP contribution in [0.15, 0.2) is 0 Å². The van der Waals surface area contributed by atoms with Crippen molar-refractivity contribution < 1.29 is 9.59 Å². The van der Waals surface area contributed by atoms with Gasteiger partial charge in [-0.1, -0.05) is 0 Å². The van der Waals surface area contributed by atoms with Gasteiger partial charge in [-0.05, 0) is 12.2 Å². The predicted octanol–water partition coefficient (Wildman–Crippen LogP) is 0.0290. The van der Waals surface area contributed by atoms with Gasteiger partial charge in [0.05, 0.1) is 6.04 Å². The molecule has 1 saturated heterocycles. The highest BCUT2D eigenvalue weighted by atomic mass is 32.2. The van der Waals surface area contributed by atoms with Crippen LogP contribution in [0.2, 0.25) is 0 Å². The zero-order valence-corrected chi connectivity index (χ0v) is 6.84. The van der Waals surface area contributed by atoms with Gasteiger partial charge in [0, 0.05) is 5.75 Å². The van der Waals surface area contributed by atoms with Crippen molar-refractivity contribution in [1.82, 2.24) is 4.90 Å². The smallest absolute Gasteiger partial charge is 0.321 e. The van der Waals surface area contributed by atoms with Crippen molar-refractivity contribution >= 4 is 24.2 Å². The molecule has 0 aromatic rings. The van der Waals surface area contributed by atoms with Crippen LogP contribution in [0.5, 0.6) is 0 Å². The molecule has 2 N–H and O–H groups in total. The SMILES string of the molecule is NC(=O)N(C=O)C1CCSC1. The number of primary amides is 1. The molecule has 11 heavy (non-hydrogen) atoms. The highest BCUT2D eigenvalue weighted by molar-refractivity contribution is 7.99. The van der Waals surface area contributed by atoms with E-state index in [1.165, 1.54) is 0 Å². The van der Waals surface area contributed by atoms with Gasteiger partial charge in [-0.25, -0.2) is 4.79 Å². The van der Waals surface area contributed by atoms with Crippen molar-refractivity contribution in [3.05, 3.63) is 0 Å². The van der Waals surface area contributed by atoms with E-state index in [1.807, 2.05) is 0 Å². The monoisotopic (exact) mass is 174 g/mol. The number of imide groups is 1. The third-order valence-electron chi connectivity index (χ3n) is 1.67. The van der Waals surface area contributed by atoms with Crippen molar-refractivity contribution in [3.8, 4) is 0 Å². The van der Waals surface area contributed by atoms with E-state index >= 15 is 0 Å². The number of nitrogens with zero attached hydrogens (tertiary/aromatic N) is 1. The molecular formula is C6H10N2O2S. The second-order valence-corrected chi connectivity index (χ2v) is 3.52. The molecule has 1 unspecified atom stereocenters. The minimum absolute atomic E-state index is 0.0231. The molecule has 0 aliphatic carbocycles. The van der Waals surface area contributed by atoms with Gasteiger partial charge in [-0.15, -0.1) is 0 Å². The fourth-order valence-electron chi connectivity index (χ4n) is 1.06. The maximum absolute atomic E-state index is 10.6. The van der Waals surface area contributed by atoms with Crippen LogP contribution in [0.25, 0.3) is 0 Å². The zero-order valence-electron chi connectivity index (χ0n) is 6.03. The number of urea groups is 1. The van der Waals surface area contributed by atoms with Crippen LogP contribution in [0, 0.1) is 0 Å². The minimum atomic E-state index is -0.646. The molecule has 0 spiro atoms. The van der Waals surface area contributed by atoms with Crippen molar-refractivity contribution in [3.63, 3.8) is 0 Å². The lowest BCUT2D eigenvalue weighted by Crippen LogP contribution is -2.42. The number of hydrogen-bond donors (Lipinski definition) is 1. The molecule has 1 atom stereocenters. The molecule has 1 rings (SSSR count). The van der Waals surface area contributed by atoms with Gasteiger partial charge in [0.1, 0.15) is 0 Å². The molecule has 4 nitrogen and oxygen atoms in total. The molecule has 0 aromatic carbocycles. The van der Waals surface area contributed by atoms with Gasteiger partial charge in [0.25, 0.3) is 0 Å². The molecular weight excluding hydrogens is 164 g/mol. The Balaban J connectivity index is 2.53. The Hall–Kier alpha value is -0.710. The van der Waals surface area contributed by atoms with E-state index in [2.05, 4.69) is 0 Å². The average molecular weight is 174 g/mol.